The Labute approximate surface area is 101 Å². The lowest BCUT2D eigenvalue weighted by atomic mass is 10.3. The second-order valence-corrected chi connectivity index (χ2v) is 4.11. The quantitative estimate of drug-likeness (QED) is 0.856. The highest BCUT2D eigenvalue weighted by atomic mass is 79.9. The molecule has 5 heteroatoms. The molecule has 0 saturated carbocycles. The van der Waals surface area contributed by atoms with E-state index in [0.717, 1.165) is 16.1 Å². The van der Waals surface area contributed by atoms with Crippen LogP contribution < -0.4 is 5.32 Å². The van der Waals surface area contributed by atoms with Gasteiger partial charge in [-0.1, -0.05) is 11.6 Å². The van der Waals surface area contributed by atoms with Crippen LogP contribution in [0.25, 0.3) is 0 Å². The van der Waals surface area contributed by atoms with Crippen LogP contribution in [0.1, 0.15) is 0 Å². The van der Waals surface area contributed by atoms with Gasteiger partial charge in [0.2, 0.25) is 0 Å². The fourth-order valence-corrected chi connectivity index (χ4v) is 1.52. The Morgan fingerprint density at radius 3 is 2.53 bits per heavy atom. The van der Waals surface area contributed by atoms with Gasteiger partial charge < -0.3 is 5.32 Å². The van der Waals surface area contributed by atoms with Crippen molar-refractivity contribution in [2.45, 2.75) is 0 Å². The van der Waals surface area contributed by atoms with Gasteiger partial charge in [0.05, 0.1) is 0 Å². The van der Waals surface area contributed by atoms with Crippen LogP contribution in [0.5, 0.6) is 0 Å². The largest absolute Gasteiger partial charge is 0.340 e. The van der Waals surface area contributed by atoms with Gasteiger partial charge >= 0.3 is 0 Å². The molecule has 1 N–H and O–H groups in total. The van der Waals surface area contributed by atoms with Crippen LogP contribution >= 0.6 is 27.5 Å². The molecule has 0 bridgehead atoms. The Kier molecular flexibility index (Phi) is 3.18. The molecule has 15 heavy (non-hydrogen) atoms. The third-order valence-corrected chi connectivity index (χ3v) is 2.44. The highest BCUT2D eigenvalue weighted by Gasteiger charge is 1.97. The van der Waals surface area contributed by atoms with Crippen LogP contribution in [0.4, 0.5) is 11.5 Å². The summed E-state index contributed by atoms with van der Waals surface area (Å²) in [7, 11) is 0. The van der Waals surface area contributed by atoms with Crippen molar-refractivity contribution in [2.24, 2.45) is 0 Å². The number of nitrogens with zero attached hydrogens (tertiary/aromatic N) is 2. The second kappa shape index (κ2) is 4.59. The Morgan fingerprint density at radius 2 is 1.87 bits per heavy atom. The first kappa shape index (κ1) is 10.4. The molecule has 0 aliphatic heterocycles. The summed E-state index contributed by atoms with van der Waals surface area (Å²) in [5, 5.41) is 3.84. The molecule has 0 aliphatic carbocycles. The van der Waals surface area contributed by atoms with E-state index in [0.29, 0.717) is 5.02 Å². The first-order valence-corrected chi connectivity index (χ1v) is 5.41. The number of benzene rings is 1. The maximum Gasteiger partial charge on any atom is 0.134 e. The van der Waals surface area contributed by atoms with E-state index in [1.54, 1.807) is 6.07 Å². The maximum absolute atomic E-state index is 5.78. The van der Waals surface area contributed by atoms with Crippen LogP contribution in [0, 0.1) is 0 Å². The van der Waals surface area contributed by atoms with Crippen molar-refractivity contribution < 1.29 is 0 Å². The predicted octanol–water partition coefficient (Wildman–Crippen LogP) is 3.64. The molecule has 76 valence electrons. The van der Waals surface area contributed by atoms with Crippen molar-refractivity contribution >= 4 is 39.0 Å². The van der Waals surface area contributed by atoms with Gasteiger partial charge in [0.15, 0.2) is 0 Å². The highest BCUT2D eigenvalue weighted by Crippen LogP contribution is 2.18. The molecule has 2 aromatic rings. The van der Waals surface area contributed by atoms with Crippen molar-refractivity contribution in [3.8, 4) is 0 Å². The van der Waals surface area contributed by atoms with Gasteiger partial charge in [0, 0.05) is 16.8 Å². The molecule has 0 saturated heterocycles. The van der Waals surface area contributed by atoms with Crippen molar-refractivity contribution in [3.05, 3.63) is 46.3 Å². The molecular formula is C10H7BrClN3. The summed E-state index contributed by atoms with van der Waals surface area (Å²) in [5.41, 5.74) is 0.935. The molecule has 0 amide bonds. The van der Waals surface area contributed by atoms with Crippen LogP contribution in [-0.2, 0) is 0 Å². The normalized spacial score (nSPS) is 10.0. The van der Waals surface area contributed by atoms with Gasteiger partial charge in [-0.2, -0.15) is 0 Å². The average Bonchev–Trinajstić information content (AvgIpc) is 2.22. The third kappa shape index (κ3) is 2.91. The van der Waals surface area contributed by atoms with Crippen molar-refractivity contribution in [3.63, 3.8) is 0 Å². The van der Waals surface area contributed by atoms with E-state index in [1.807, 2.05) is 24.3 Å². The van der Waals surface area contributed by atoms with E-state index >= 15 is 0 Å². The SMILES string of the molecule is Clc1ccc(Nc2cc(Br)ncn2)cc1. The van der Waals surface area contributed by atoms with Gasteiger partial charge in [-0.3, -0.25) is 0 Å². The molecule has 2 rings (SSSR count). The van der Waals surface area contributed by atoms with Gasteiger partial charge in [-0.05, 0) is 40.2 Å². The predicted molar refractivity (Wildman–Crippen MR) is 64.5 cm³/mol. The van der Waals surface area contributed by atoms with Crippen LogP contribution in [0.3, 0.4) is 0 Å². The smallest absolute Gasteiger partial charge is 0.134 e. The fraction of sp³-hybridized carbons (Fsp3) is 0. The zero-order chi connectivity index (χ0) is 10.7. The van der Waals surface area contributed by atoms with Gasteiger partial charge in [0.1, 0.15) is 16.7 Å². The van der Waals surface area contributed by atoms with Crippen LogP contribution in [0.15, 0.2) is 41.3 Å². The first-order chi connectivity index (χ1) is 7.24. The Bertz CT molecular complexity index is 458. The van der Waals surface area contributed by atoms with Crippen molar-refractivity contribution in [2.75, 3.05) is 5.32 Å². The molecule has 1 aromatic carbocycles. The maximum atomic E-state index is 5.78. The minimum atomic E-state index is 0.712. The molecule has 1 heterocycles. The van der Waals surface area contributed by atoms with Crippen LogP contribution in [0.2, 0.25) is 5.02 Å². The summed E-state index contributed by atoms with van der Waals surface area (Å²) in [6.45, 7) is 0. The lowest BCUT2D eigenvalue weighted by molar-refractivity contribution is 1.14. The highest BCUT2D eigenvalue weighted by molar-refractivity contribution is 9.10. The zero-order valence-corrected chi connectivity index (χ0v) is 9.96. The minimum absolute atomic E-state index is 0.712. The second-order valence-electron chi connectivity index (χ2n) is 2.86. The Morgan fingerprint density at radius 1 is 1.13 bits per heavy atom. The average molecular weight is 285 g/mol. The summed E-state index contributed by atoms with van der Waals surface area (Å²) in [4.78, 5) is 8.01. The first-order valence-electron chi connectivity index (χ1n) is 4.24. The Balaban J connectivity index is 2.18. The summed E-state index contributed by atoms with van der Waals surface area (Å²) in [5.74, 6) is 0.735. The molecule has 1 aromatic heterocycles. The number of aromatic nitrogens is 2. The molecule has 3 nitrogen and oxygen atoms in total. The van der Waals surface area contributed by atoms with E-state index in [9.17, 15) is 0 Å². The summed E-state index contributed by atoms with van der Waals surface area (Å²) in [6, 6.07) is 9.21. The molecule has 0 aliphatic rings. The van der Waals surface area contributed by atoms with E-state index in [2.05, 4.69) is 31.2 Å². The van der Waals surface area contributed by atoms with E-state index in [4.69, 9.17) is 11.6 Å². The number of hydrogen-bond acceptors (Lipinski definition) is 3. The molecular weight excluding hydrogens is 277 g/mol. The van der Waals surface area contributed by atoms with E-state index < -0.39 is 0 Å². The lowest BCUT2D eigenvalue weighted by Gasteiger charge is -2.04. The number of anilines is 2. The summed E-state index contributed by atoms with van der Waals surface area (Å²) >= 11 is 9.05. The summed E-state index contributed by atoms with van der Waals surface area (Å²) < 4.78 is 0.744. The topological polar surface area (TPSA) is 37.8 Å². The standard InChI is InChI=1S/C10H7BrClN3/c11-9-5-10(14-6-13-9)15-8-3-1-7(12)2-4-8/h1-6H,(H,13,14,15). The number of rotatable bonds is 2. The molecule has 0 unspecified atom stereocenters. The van der Waals surface area contributed by atoms with E-state index in [1.165, 1.54) is 6.33 Å². The van der Waals surface area contributed by atoms with Gasteiger partial charge in [-0.15, -0.1) is 0 Å². The molecule has 0 radical (unpaired) electrons. The Hall–Kier alpha value is -1.13. The van der Waals surface area contributed by atoms with Crippen molar-refractivity contribution in [1.82, 2.24) is 9.97 Å². The summed E-state index contributed by atoms with van der Waals surface area (Å²) in [6.07, 6.45) is 1.49. The number of nitrogens with one attached hydrogen (secondary N) is 1. The van der Waals surface area contributed by atoms with E-state index in [-0.39, 0.29) is 0 Å². The minimum Gasteiger partial charge on any atom is -0.340 e. The molecule has 0 atom stereocenters. The monoisotopic (exact) mass is 283 g/mol. The lowest BCUT2D eigenvalue weighted by Crippen LogP contribution is -1.93. The number of halogens is 2. The van der Waals surface area contributed by atoms with Crippen molar-refractivity contribution in [1.29, 1.82) is 0 Å². The van der Waals surface area contributed by atoms with Gasteiger partial charge in [-0.25, -0.2) is 9.97 Å². The third-order valence-electron chi connectivity index (χ3n) is 1.75. The fourth-order valence-electron chi connectivity index (χ4n) is 1.08. The number of hydrogen-bond donors (Lipinski definition) is 1. The zero-order valence-electron chi connectivity index (χ0n) is 7.61. The molecule has 0 fully saturated rings. The van der Waals surface area contributed by atoms with Gasteiger partial charge in [0.25, 0.3) is 0 Å². The molecule has 0 spiro atoms. The van der Waals surface area contributed by atoms with Crippen LogP contribution in [-0.4, -0.2) is 9.97 Å².